The Balaban J connectivity index is 1.31. The molecular formula is C39H47ClF3N7O2. The predicted molar refractivity (Wildman–Crippen MR) is 199 cm³/mol. The molecule has 9 nitrogen and oxygen atoms in total. The summed E-state index contributed by atoms with van der Waals surface area (Å²) in [7, 11) is 0. The number of imidazole rings is 1. The van der Waals surface area contributed by atoms with Gasteiger partial charge in [-0.3, -0.25) is 4.79 Å². The van der Waals surface area contributed by atoms with E-state index in [2.05, 4.69) is 23.7 Å². The Labute approximate surface area is 307 Å². The van der Waals surface area contributed by atoms with Crippen LogP contribution in [0.4, 0.5) is 29.3 Å². The first-order valence-corrected chi connectivity index (χ1v) is 18.5. The van der Waals surface area contributed by atoms with Gasteiger partial charge in [0, 0.05) is 49.2 Å². The summed E-state index contributed by atoms with van der Waals surface area (Å²) in [6.45, 7) is 6.12. The minimum atomic E-state index is -4.71. The van der Waals surface area contributed by atoms with Crippen LogP contribution in [-0.4, -0.2) is 63.5 Å². The molecule has 0 bridgehead atoms. The van der Waals surface area contributed by atoms with Gasteiger partial charge in [0.2, 0.25) is 5.91 Å². The highest BCUT2D eigenvalue weighted by Crippen LogP contribution is 2.41. The number of likely N-dealkylation sites (tertiary alicyclic amines) is 1. The fourth-order valence-corrected chi connectivity index (χ4v) is 8.43. The van der Waals surface area contributed by atoms with Gasteiger partial charge in [-0.25, -0.2) is 9.78 Å². The first kappa shape index (κ1) is 37.5. The number of para-hydroxylation sites is 3. The van der Waals surface area contributed by atoms with Gasteiger partial charge >= 0.3 is 12.2 Å². The summed E-state index contributed by atoms with van der Waals surface area (Å²) in [5, 5.41) is 2.85. The summed E-state index contributed by atoms with van der Waals surface area (Å²) in [5.74, 6) is -0.0859. The van der Waals surface area contributed by atoms with Gasteiger partial charge < -0.3 is 31.2 Å². The molecule has 1 atom stereocenters. The van der Waals surface area contributed by atoms with Crippen LogP contribution in [0.3, 0.4) is 0 Å². The van der Waals surface area contributed by atoms with Gasteiger partial charge in [-0.15, -0.1) is 0 Å². The molecule has 0 aliphatic carbocycles. The second kappa shape index (κ2) is 15.4. The SMILES string of the molecule is CCC(CC)(CCN)n1c(C(CC(=O)N2CCC(N3CCc4ccccc4NC3=O)CC2)Cc2cc(Cl)c(N)c(C(F)(F)F)c2)nc2ccccc21. The molecule has 1 unspecified atom stereocenters. The van der Waals surface area contributed by atoms with E-state index in [1.54, 1.807) is 0 Å². The number of carbonyl (C=O) groups is 2. The molecule has 5 N–H and O–H groups in total. The van der Waals surface area contributed by atoms with E-state index in [0.717, 1.165) is 47.6 Å². The summed E-state index contributed by atoms with van der Waals surface area (Å²) < 4.78 is 44.4. The number of fused-ring (bicyclic) bond motifs is 2. The number of halogens is 4. The molecule has 3 aromatic carbocycles. The van der Waals surface area contributed by atoms with E-state index in [-0.39, 0.29) is 35.8 Å². The molecule has 52 heavy (non-hydrogen) atoms. The maximum absolute atomic E-state index is 14.3. The van der Waals surface area contributed by atoms with E-state index < -0.39 is 28.9 Å². The Morgan fingerprint density at radius 3 is 2.42 bits per heavy atom. The van der Waals surface area contributed by atoms with Crippen molar-refractivity contribution in [3.63, 3.8) is 0 Å². The molecule has 6 rings (SSSR count). The molecule has 0 saturated carbocycles. The van der Waals surface area contributed by atoms with E-state index in [9.17, 15) is 22.8 Å². The van der Waals surface area contributed by atoms with Gasteiger partial charge in [0.05, 0.1) is 27.3 Å². The summed E-state index contributed by atoms with van der Waals surface area (Å²) in [5.41, 5.74) is 13.9. The summed E-state index contributed by atoms with van der Waals surface area (Å²) in [6, 6.07) is 17.9. The highest BCUT2D eigenvalue weighted by molar-refractivity contribution is 6.33. The minimum Gasteiger partial charge on any atom is -0.397 e. The van der Waals surface area contributed by atoms with E-state index in [0.29, 0.717) is 56.8 Å². The lowest BCUT2D eigenvalue weighted by Crippen LogP contribution is -2.50. The third-order valence-electron chi connectivity index (χ3n) is 11.1. The zero-order chi connectivity index (χ0) is 37.2. The largest absolute Gasteiger partial charge is 0.418 e. The molecule has 13 heteroatoms. The van der Waals surface area contributed by atoms with Crippen molar-refractivity contribution >= 4 is 45.9 Å². The standard InChI is InChI=1S/C39H47ClF3N7O2/c1-3-38(4-2,16-17-44)50-33-12-8-7-11-32(33)46-36(50)27(21-25-22-29(39(41,42)43)35(45)30(40)23-25)24-34(51)48-18-14-28(15-19-48)49-20-13-26-9-5-6-10-31(26)47-37(49)52/h5-12,22-23,27-28H,3-4,13-21,24,44-45H2,1-2H3,(H,47,52). The Bertz CT molecular complexity index is 1920. The molecule has 4 aromatic rings. The van der Waals surface area contributed by atoms with Crippen LogP contribution >= 0.6 is 11.6 Å². The number of nitrogens with one attached hydrogen (secondary N) is 1. The van der Waals surface area contributed by atoms with Crippen molar-refractivity contribution in [1.82, 2.24) is 19.4 Å². The monoisotopic (exact) mass is 737 g/mol. The van der Waals surface area contributed by atoms with Crippen molar-refractivity contribution in [2.75, 3.05) is 37.2 Å². The predicted octanol–water partition coefficient (Wildman–Crippen LogP) is 7.95. The number of amides is 3. The molecule has 1 saturated heterocycles. The van der Waals surface area contributed by atoms with Crippen LogP contribution in [0.5, 0.6) is 0 Å². The molecule has 278 valence electrons. The van der Waals surface area contributed by atoms with Crippen LogP contribution in [0.25, 0.3) is 11.0 Å². The van der Waals surface area contributed by atoms with Gasteiger partial charge in [0.1, 0.15) is 5.82 Å². The molecule has 3 heterocycles. The molecule has 2 aliphatic heterocycles. The van der Waals surface area contributed by atoms with E-state index in [1.165, 1.54) is 6.07 Å². The van der Waals surface area contributed by atoms with Crippen LogP contribution in [-0.2, 0) is 29.4 Å². The van der Waals surface area contributed by atoms with E-state index >= 15 is 0 Å². The van der Waals surface area contributed by atoms with Crippen molar-refractivity contribution in [2.45, 2.75) is 88.9 Å². The molecule has 2 aliphatic rings. The quantitative estimate of drug-likeness (QED) is 0.135. The number of hydrogen-bond acceptors (Lipinski definition) is 5. The highest BCUT2D eigenvalue weighted by atomic mass is 35.5. The van der Waals surface area contributed by atoms with Crippen molar-refractivity contribution in [3.8, 4) is 0 Å². The Morgan fingerprint density at radius 2 is 1.73 bits per heavy atom. The molecule has 0 spiro atoms. The third-order valence-corrected chi connectivity index (χ3v) is 11.5. The normalized spacial score (nSPS) is 16.5. The number of aromatic nitrogens is 2. The summed E-state index contributed by atoms with van der Waals surface area (Å²) >= 11 is 6.29. The average molecular weight is 738 g/mol. The summed E-state index contributed by atoms with van der Waals surface area (Å²) in [4.78, 5) is 36.3. The fourth-order valence-electron chi connectivity index (χ4n) is 8.19. The number of alkyl halides is 3. The third kappa shape index (κ3) is 7.45. The number of hydrogen-bond donors (Lipinski definition) is 3. The molecule has 0 radical (unpaired) electrons. The number of carbonyl (C=O) groups excluding carboxylic acids is 2. The topological polar surface area (TPSA) is 123 Å². The smallest absolute Gasteiger partial charge is 0.397 e. The minimum absolute atomic E-state index is 0.0168. The van der Waals surface area contributed by atoms with Gasteiger partial charge in [0.15, 0.2) is 0 Å². The van der Waals surface area contributed by atoms with Gasteiger partial charge in [0.25, 0.3) is 0 Å². The number of nitrogens with two attached hydrogens (primary N) is 2. The van der Waals surface area contributed by atoms with Crippen LogP contribution in [0.2, 0.25) is 5.02 Å². The first-order chi connectivity index (χ1) is 24.9. The maximum Gasteiger partial charge on any atom is 0.418 e. The van der Waals surface area contributed by atoms with Crippen LogP contribution in [0, 0.1) is 0 Å². The van der Waals surface area contributed by atoms with E-state index in [4.69, 9.17) is 28.1 Å². The van der Waals surface area contributed by atoms with Crippen LogP contribution < -0.4 is 16.8 Å². The Morgan fingerprint density at radius 1 is 1.04 bits per heavy atom. The van der Waals surface area contributed by atoms with Crippen LogP contribution in [0.15, 0.2) is 60.7 Å². The van der Waals surface area contributed by atoms with Gasteiger partial charge in [-0.05, 0) is 92.9 Å². The fraction of sp³-hybridized carbons (Fsp3) is 0.462. The second-order valence-electron chi connectivity index (χ2n) is 14.0. The van der Waals surface area contributed by atoms with E-state index in [1.807, 2.05) is 58.3 Å². The lowest BCUT2D eigenvalue weighted by Gasteiger charge is -2.39. The molecule has 1 fully saturated rings. The lowest BCUT2D eigenvalue weighted by atomic mass is 9.86. The number of rotatable bonds is 11. The van der Waals surface area contributed by atoms with Crippen molar-refractivity contribution in [2.24, 2.45) is 5.73 Å². The number of nitrogens with zero attached hydrogens (tertiary/aromatic N) is 4. The number of anilines is 2. The van der Waals surface area contributed by atoms with Gasteiger partial charge in [-0.1, -0.05) is 55.8 Å². The average Bonchev–Trinajstić information content (AvgIpc) is 3.43. The highest BCUT2D eigenvalue weighted by Gasteiger charge is 2.38. The van der Waals surface area contributed by atoms with Crippen molar-refractivity contribution in [1.29, 1.82) is 0 Å². The Hall–Kier alpha value is -4.29. The number of piperidine rings is 1. The second-order valence-corrected chi connectivity index (χ2v) is 14.5. The molecular weight excluding hydrogens is 691 g/mol. The van der Waals surface area contributed by atoms with Gasteiger partial charge in [-0.2, -0.15) is 13.2 Å². The van der Waals surface area contributed by atoms with Crippen molar-refractivity contribution < 1.29 is 22.8 Å². The number of nitrogen functional groups attached to an aromatic ring is 1. The maximum atomic E-state index is 14.3. The zero-order valence-electron chi connectivity index (χ0n) is 29.7. The summed E-state index contributed by atoms with van der Waals surface area (Å²) in [6.07, 6.45) is -0.504. The number of urea groups is 1. The first-order valence-electron chi connectivity index (χ1n) is 18.1. The Kier molecular flexibility index (Phi) is 11.1. The lowest BCUT2D eigenvalue weighted by molar-refractivity contribution is -0.137. The zero-order valence-corrected chi connectivity index (χ0v) is 30.4. The molecule has 1 aromatic heterocycles. The number of benzene rings is 3. The van der Waals surface area contributed by atoms with Crippen LogP contribution in [0.1, 0.15) is 80.8 Å². The molecule has 3 amide bonds. The van der Waals surface area contributed by atoms with Crippen molar-refractivity contribution in [3.05, 3.63) is 88.2 Å².